The number of benzene rings is 1. The molecule has 94 valence electrons. The maximum Gasteiger partial charge on any atom is 0.121 e. The number of rotatable bonds is 6. The number of nitrogen functional groups attached to an aromatic ring is 1. The molecule has 3 N–H and O–H groups in total. The Balaban J connectivity index is 1.95. The lowest BCUT2D eigenvalue weighted by Crippen LogP contribution is -2.15. The number of nitrogens with one attached hydrogen (secondary N) is 1. The third kappa shape index (κ3) is 2.84. The van der Waals surface area contributed by atoms with Crippen molar-refractivity contribution in [1.29, 1.82) is 0 Å². The van der Waals surface area contributed by atoms with E-state index in [9.17, 15) is 0 Å². The summed E-state index contributed by atoms with van der Waals surface area (Å²) < 4.78 is 5.14. The molecule has 1 aromatic carbocycles. The summed E-state index contributed by atoms with van der Waals surface area (Å²) in [5.74, 6) is 0.808. The SMILES string of the molecule is CCCC1(CNc2ccc(OC)cc2N)CC1. The van der Waals surface area contributed by atoms with E-state index in [0.717, 1.165) is 23.7 Å². The van der Waals surface area contributed by atoms with Gasteiger partial charge in [-0.05, 0) is 36.8 Å². The van der Waals surface area contributed by atoms with Crippen molar-refractivity contribution in [2.45, 2.75) is 32.6 Å². The van der Waals surface area contributed by atoms with Crippen LogP contribution >= 0.6 is 0 Å². The summed E-state index contributed by atoms with van der Waals surface area (Å²) in [4.78, 5) is 0. The number of anilines is 2. The van der Waals surface area contributed by atoms with Crippen molar-refractivity contribution in [3.8, 4) is 5.75 Å². The molecule has 1 fully saturated rings. The fourth-order valence-corrected chi connectivity index (χ4v) is 2.33. The van der Waals surface area contributed by atoms with Crippen LogP contribution in [-0.2, 0) is 0 Å². The number of hydrogen-bond acceptors (Lipinski definition) is 3. The number of hydrogen-bond donors (Lipinski definition) is 2. The molecule has 2 rings (SSSR count). The Morgan fingerprint density at radius 3 is 2.71 bits per heavy atom. The second-order valence-electron chi connectivity index (χ2n) is 5.06. The molecule has 1 saturated carbocycles. The Morgan fingerprint density at radius 1 is 1.41 bits per heavy atom. The molecule has 1 aromatic rings. The van der Waals surface area contributed by atoms with Crippen molar-refractivity contribution < 1.29 is 4.74 Å². The van der Waals surface area contributed by atoms with Crippen molar-refractivity contribution in [3.05, 3.63) is 18.2 Å². The van der Waals surface area contributed by atoms with Gasteiger partial charge in [0.1, 0.15) is 5.75 Å². The van der Waals surface area contributed by atoms with Gasteiger partial charge in [0.2, 0.25) is 0 Å². The maximum absolute atomic E-state index is 5.98. The van der Waals surface area contributed by atoms with E-state index in [1.807, 2.05) is 18.2 Å². The van der Waals surface area contributed by atoms with Gasteiger partial charge < -0.3 is 15.8 Å². The smallest absolute Gasteiger partial charge is 0.121 e. The Bertz CT molecular complexity index is 386. The van der Waals surface area contributed by atoms with Crippen LogP contribution in [0.4, 0.5) is 11.4 Å². The fourth-order valence-electron chi connectivity index (χ4n) is 2.33. The Hall–Kier alpha value is -1.38. The lowest BCUT2D eigenvalue weighted by Gasteiger charge is -2.17. The van der Waals surface area contributed by atoms with Gasteiger partial charge in [0.05, 0.1) is 18.5 Å². The van der Waals surface area contributed by atoms with Crippen LogP contribution in [-0.4, -0.2) is 13.7 Å². The molecule has 0 heterocycles. The normalized spacial score (nSPS) is 16.6. The number of nitrogens with two attached hydrogens (primary N) is 1. The summed E-state index contributed by atoms with van der Waals surface area (Å²) in [5, 5.41) is 3.47. The highest BCUT2D eigenvalue weighted by molar-refractivity contribution is 5.68. The highest BCUT2D eigenvalue weighted by atomic mass is 16.5. The molecular weight excluding hydrogens is 212 g/mol. The van der Waals surface area contributed by atoms with E-state index in [2.05, 4.69) is 12.2 Å². The zero-order valence-corrected chi connectivity index (χ0v) is 10.8. The molecule has 0 amide bonds. The summed E-state index contributed by atoms with van der Waals surface area (Å²) in [6.45, 7) is 3.29. The lowest BCUT2D eigenvalue weighted by atomic mass is 10.0. The van der Waals surface area contributed by atoms with Gasteiger partial charge in [-0.2, -0.15) is 0 Å². The van der Waals surface area contributed by atoms with E-state index >= 15 is 0 Å². The molecule has 1 aliphatic rings. The van der Waals surface area contributed by atoms with Crippen LogP contribution in [0.25, 0.3) is 0 Å². The van der Waals surface area contributed by atoms with E-state index in [1.54, 1.807) is 7.11 Å². The molecule has 1 aliphatic carbocycles. The van der Waals surface area contributed by atoms with E-state index in [1.165, 1.54) is 25.7 Å². The molecule has 0 bridgehead atoms. The van der Waals surface area contributed by atoms with Crippen molar-refractivity contribution >= 4 is 11.4 Å². The molecule has 17 heavy (non-hydrogen) atoms. The van der Waals surface area contributed by atoms with Crippen LogP contribution in [0.3, 0.4) is 0 Å². The van der Waals surface area contributed by atoms with Crippen LogP contribution in [0.2, 0.25) is 0 Å². The van der Waals surface area contributed by atoms with Gasteiger partial charge in [-0.15, -0.1) is 0 Å². The molecule has 0 radical (unpaired) electrons. The predicted molar refractivity (Wildman–Crippen MR) is 72.5 cm³/mol. The summed E-state index contributed by atoms with van der Waals surface area (Å²) >= 11 is 0. The summed E-state index contributed by atoms with van der Waals surface area (Å²) in [6, 6.07) is 5.80. The largest absolute Gasteiger partial charge is 0.497 e. The summed E-state index contributed by atoms with van der Waals surface area (Å²) in [6.07, 6.45) is 5.28. The van der Waals surface area contributed by atoms with Crippen LogP contribution in [0.15, 0.2) is 18.2 Å². The molecule has 3 heteroatoms. The average Bonchev–Trinajstić information content (AvgIpc) is 3.08. The van der Waals surface area contributed by atoms with Crippen LogP contribution in [0.1, 0.15) is 32.6 Å². The summed E-state index contributed by atoms with van der Waals surface area (Å²) in [7, 11) is 1.66. The molecule has 0 saturated heterocycles. The van der Waals surface area contributed by atoms with Crippen LogP contribution in [0, 0.1) is 5.41 Å². The Morgan fingerprint density at radius 2 is 2.18 bits per heavy atom. The number of methoxy groups -OCH3 is 1. The van der Waals surface area contributed by atoms with Crippen LogP contribution in [0.5, 0.6) is 5.75 Å². The van der Waals surface area contributed by atoms with Crippen molar-refractivity contribution in [1.82, 2.24) is 0 Å². The van der Waals surface area contributed by atoms with Crippen molar-refractivity contribution in [3.63, 3.8) is 0 Å². The van der Waals surface area contributed by atoms with Gasteiger partial charge >= 0.3 is 0 Å². The third-order valence-corrected chi connectivity index (χ3v) is 3.65. The van der Waals surface area contributed by atoms with Gasteiger partial charge in [0.25, 0.3) is 0 Å². The molecule has 0 aliphatic heterocycles. The van der Waals surface area contributed by atoms with Gasteiger partial charge in [-0.25, -0.2) is 0 Å². The van der Waals surface area contributed by atoms with Gasteiger partial charge in [0.15, 0.2) is 0 Å². The minimum Gasteiger partial charge on any atom is -0.497 e. The lowest BCUT2D eigenvalue weighted by molar-refractivity contribution is 0.415. The third-order valence-electron chi connectivity index (χ3n) is 3.65. The first-order valence-electron chi connectivity index (χ1n) is 6.36. The first-order chi connectivity index (χ1) is 8.19. The highest BCUT2D eigenvalue weighted by Crippen LogP contribution is 2.49. The standard InChI is InChI=1S/C14H22N2O/c1-3-6-14(7-8-14)10-16-13-5-4-11(17-2)9-12(13)15/h4-5,9,16H,3,6-8,10,15H2,1-2H3. The topological polar surface area (TPSA) is 47.3 Å². The maximum atomic E-state index is 5.98. The minimum absolute atomic E-state index is 0.543. The minimum atomic E-state index is 0.543. The zero-order chi connectivity index (χ0) is 12.3. The second kappa shape index (κ2) is 4.86. The molecule has 3 nitrogen and oxygen atoms in total. The van der Waals surface area contributed by atoms with E-state index in [-0.39, 0.29) is 0 Å². The average molecular weight is 234 g/mol. The first kappa shape index (κ1) is 12.1. The number of ether oxygens (including phenoxy) is 1. The molecule has 0 atom stereocenters. The van der Waals surface area contributed by atoms with E-state index in [0.29, 0.717) is 5.41 Å². The Kier molecular flexibility index (Phi) is 3.46. The van der Waals surface area contributed by atoms with Gasteiger partial charge in [-0.3, -0.25) is 0 Å². The van der Waals surface area contributed by atoms with Gasteiger partial charge in [-0.1, -0.05) is 13.3 Å². The van der Waals surface area contributed by atoms with E-state index in [4.69, 9.17) is 10.5 Å². The van der Waals surface area contributed by atoms with E-state index < -0.39 is 0 Å². The quantitative estimate of drug-likeness (QED) is 0.743. The predicted octanol–water partition coefficient (Wildman–Crippen LogP) is 3.27. The second-order valence-corrected chi connectivity index (χ2v) is 5.06. The van der Waals surface area contributed by atoms with Crippen molar-refractivity contribution in [2.75, 3.05) is 24.7 Å². The monoisotopic (exact) mass is 234 g/mol. The fraction of sp³-hybridized carbons (Fsp3) is 0.571. The van der Waals surface area contributed by atoms with Crippen LogP contribution < -0.4 is 15.8 Å². The first-order valence-corrected chi connectivity index (χ1v) is 6.36. The van der Waals surface area contributed by atoms with Crippen molar-refractivity contribution in [2.24, 2.45) is 5.41 Å². The molecule has 0 aromatic heterocycles. The molecule has 0 spiro atoms. The Labute approximate surface area is 103 Å². The highest BCUT2D eigenvalue weighted by Gasteiger charge is 2.41. The molecule has 0 unspecified atom stereocenters. The summed E-state index contributed by atoms with van der Waals surface area (Å²) in [5.41, 5.74) is 8.30. The van der Waals surface area contributed by atoms with Gasteiger partial charge in [0, 0.05) is 12.6 Å². The molecular formula is C14H22N2O. The zero-order valence-electron chi connectivity index (χ0n) is 10.8.